The number of aromatic nitrogens is 5. The summed E-state index contributed by atoms with van der Waals surface area (Å²) < 4.78 is 22.7. The molecule has 0 amide bonds. The van der Waals surface area contributed by atoms with Gasteiger partial charge in [-0.1, -0.05) is 17.3 Å². The van der Waals surface area contributed by atoms with Gasteiger partial charge in [-0.2, -0.15) is 0 Å². The summed E-state index contributed by atoms with van der Waals surface area (Å²) in [7, 11) is 0. The van der Waals surface area contributed by atoms with E-state index in [4.69, 9.17) is 4.74 Å². The quantitative estimate of drug-likeness (QED) is 0.737. The van der Waals surface area contributed by atoms with Crippen LogP contribution >= 0.6 is 0 Å². The number of imidazole rings is 1. The van der Waals surface area contributed by atoms with Crippen molar-refractivity contribution in [1.29, 1.82) is 0 Å². The van der Waals surface area contributed by atoms with Crippen LogP contribution in [0.25, 0.3) is 0 Å². The molecule has 3 aromatic rings. The van der Waals surface area contributed by atoms with E-state index in [0.717, 1.165) is 24.1 Å². The number of nitrogens with zero attached hydrogens (tertiary/aromatic N) is 5. The Morgan fingerprint density at radius 3 is 2.67 bits per heavy atom. The molecule has 24 heavy (non-hydrogen) atoms. The third-order valence-electron chi connectivity index (χ3n) is 4.58. The summed E-state index contributed by atoms with van der Waals surface area (Å²) in [5.41, 5.74) is 1.55. The first-order valence-corrected chi connectivity index (χ1v) is 7.97. The van der Waals surface area contributed by atoms with Crippen molar-refractivity contribution in [2.75, 3.05) is 13.2 Å². The second-order valence-electron chi connectivity index (χ2n) is 6.04. The van der Waals surface area contributed by atoms with Crippen molar-refractivity contribution >= 4 is 0 Å². The summed E-state index contributed by atoms with van der Waals surface area (Å²) in [4.78, 5) is 4.04. The fraction of sp³-hybridized carbons (Fsp3) is 0.353. The van der Waals surface area contributed by atoms with Gasteiger partial charge in [0.1, 0.15) is 11.5 Å². The van der Waals surface area contributed by atoms with E-state index in [2.05, 4.69) is 15.3 Å². The van der Waals surface area contributed by atoms with Crippen LogP contribution in [-0.4, -0.2) is 37.8 Å². The first kappa shape index (κ1) is 15.0. The van der Waals surface area contributed by atoms with Crippen molar-refractivity contribution in [3.8, 4) is 0 Å². The van der Waals surface area contributed by atoms with Crippen LogP contribution in [0.2, 0.25) is 0 Å². The van der Waals surface area contributed by atoms with Crippen LogP contribution in [0.15, 0.2) is 49.2 Å². The van der Waals surface area contributed by atoms with Gasteiger partial charge in [-0.15, -0.1) is 5.10 Å². The molecule has 1 saturated heterocycles. The van der Waals surface area contributed by atoms with E-state index in [1.54, 1.807) is 12.5 Å². The molecular formula is C17H18FN5O. The second-order valence-corrected chi connectivity index (χ2v) is 6.04. The molecule has 1 fully saturated rings. The first-order chi connectivity index (χ1) is 11.8. The molecule has 1 aromatic carbocycles. The molecule has 124 valence electrons. The van der Waals surface area contributed by atoms with Gasteiger partial charge in [-0.05, 0) is 17.7 Å². The van der Waals surface area contributed by atoms with Gasteiger partial charge in [0.2, 0.25) is 0 Å². The van der Waals surface area contributed by atoms with Gasteiger partial charge in [0.25, 0.3) is 0 Å². The molecule has 0 unspecified atom stereocenters. The molecular weight excluding hydrogens is 309 g/mol. The predicted octanol–water partition coefficient (Wildman–Crippen LogP) is 2.22. The number of rotatable bonds is 4. The van der Waals surface area contributed by atoms with Crippen molar-refractivity contribution in [2.24, 2.45) is 0 Å². The van der Waals surface area contributed by atoms with E-state index in [1.807, 2.05) is 33.8 Å². The molecule has 0 radical (unpaired) electrons. The minimum Gasteiger partial charge on any atom is -0.381 e. The van der Waals surface area contributed by atoms with Crippen LogP contribution in [0, 0.1) is 5.82 Å². The molecule has 0 atom stereocenters. The van der Waals surface area contributed by atoms with E-state index < -0.39 is 0 Å². The minimum atomic E-state index is -0.341. The third-order valence-corrected chi connectivity index (χ3v) is 4.58. The van der Waals surface area contributed by atoms with Crippen LogP contribution in [0.1, 0.15) is 24.1 Å². The lowest BCUT2D eigenvalue weighted by Gasteiger charge is -2.37. The molecule has 2 aromatic heterocycles. The molecule has 0 aliphatic carbocycles. The lowest BCUT2D eigenvalue weighted by molar-refractivity contribution is 0.0330. The molecule has 1 aliphatic rings. The standard InChI is InChI=1S/C17H18FN5O/c18-15-3-1-14(2-4-15)17(5-9-24-10-6-17)23-12-16(20-21-23)11-22-8-7-19-13-22/h1-4,7-8,12-13H,5-6,9-11H2. The Kier molecular flexibility index (Phi) is 3.86. The van der Waals surface area contributed by atoms with Gasteiger partial charge in [0.05, 0.1) is 24.6 Å². The smallest absolute Gasteiger partial charge is 0.123 e. The van der Waals surface area contributed by atoms with Gasteiger partial charge in [0.15, 0.2) is 0 Å². The highest BCUT2D eigenvalue weighted by molar-refractivity contribution is 5.27. The molecule has 0 saturated carbocycles. The number of hydrogen-bond acceptors (Lipinski definition) is 4. The number of benzene rings is 1. The average Bonchev–Trinajstić information content (AvgIpc) is 3.29. The Hall–Kier alpha value is -2.54. The summed E-state index contributed by atoms with van der Waals surface area (Å²) in [6, 6.07) is 6.65. The monoisotopic (exact) mass is 327 g/mol. The van der Waals surface area contributed by atoms with Crippen LogP contribution in [0.3, 0.4) is 0 Å². The second kappa shape index (κ2) is 6.16. The Labute approximate surface area is 138 Å². The molecule has 0 spiro atoms. The van der Waals surface area contributed by atoms with E-state index >= 15 is 0 Å². The molecule has 0 N–H and O–H groups in total. The Balaban J connectivity index is 1.69. The topological polar surface area (TPSA) is 57.8 Å². The molecule has 3 heterocycles. The number of halogens is 1. The van der Waals surface area contributed by atoms with Gasteiger partial charge < -0.3 is 9.30 Å². The summed E-state index contributed by atoms with van der Waals surface area (Å²) in [6.07, 6.45) is 8.92. The highest BCUT2D eigenvalue weighted by atomic mass is 19.1. The van der Waals surface area contributed by atoms with Crippen LogP contribution < -0.4 is 0 Å². The molecule has 0 bridgehead atoms. The van der Waals surface area contributed by atoms with E-state index in [9.17, 15) is 4.39 Å². The summed E-state index contributed by atoms with van der Waals surface area (Å²) in [5.74, 6) is -0.236. The highest BCUT2D eigenvalue weighted by Gasteiger charge is 2.37. The highest BCUT2D eigenvalue weighted by Crippen LogP contribution is 2.36. The van der Waals surface area contributed by atoms with Gasteiger partial charge in [-0.25, -0.2) is 14.1 Å². The van der Waals surface area contributed by atoms with Crippen molar-refractivity contribution in [1.82, 2.24) is 24.5 Å². The van der Waals surface area contributed by atoms with Crippen LogP contribution in [0.4, 0.5) is 4.39 Å². The molecule has 7 heteroatoms. The maximum Gasteiger partial charge on any atom is 0.123 e. The van der Waals surface area contributed by atoms with Crippen molar-refractivity contribution < 1.29 is 9.13 Å². The van der Waals surface area contributed by atoms with Crippen LogP contribution in [-0.2, 0) is 16.8 Å². The normalized spacial score (nSPS) is 17.0. The first-order valence-electron chi connectivity index (χ1n) is 7.97. The fourth-order valence-corrected chi connectivity index (χ4v) is 3.27. The molecule has 6 nitrogen and oxygen atoms in total. The van der Waals surface area contributed by atoms with E-state index in [1.165, 1.54) is 12.1 Å². The zero-order valence-corrected chi connectivity index (χ0v) is 13.2. The zero-order chi connectivity index (χ0) is 16.4. The largest absolute Gasteiger partial charge is 0.381 e. The van der Waals surface area contributed by atoms with Crippen LogP contribution in [0.5, 0.6) is 0 Å². The van der Waals surface area contributed by atoms with Gasteiger partial charge in [-0.3, -0.25) is 0 Å². The fourth-order valence-electron chi connectivity index (χ4n) is 3.27. The Bertz CT molecular complexity index is 791. The summed E-state index contributed by atoms with van der Waals surface area (Å²) in [5, 5.41) is 8.68. The van der Waals surface area contributed by atoms with Gasteiger partial charge in [0, 0.05) is 38.4 Å². The van der Waals surface area contributed by atoms with Crippen molar-refractivity contribution in [3.63, 3.8) is 0 Å². The summed E-state index contributed by atoms with van der Waals surface area (Å²) >= 11 is 0. The lowest BCUT2D eigenvalue weighted by atomic mass is 9.83. The third kappa shape index (κ3) is 2.71. The lowest BCUT2D eigenvalue weighted by Crippen LogP contribution is -2.41. The number of hydrogen-bond donors (Lipinski definition) is 0. The Morgan fingerprint density at radius 2 is 1.96 bits per heavy atom. The SMILES string of the molecule is Fc1ccc(C2(n3cc(Cn4ccnc4)nn3)CCOCC2)cc1. The zero-order valence-electron chi connectivity index (χ0n) is 13.2. The number of ether oxygens (including phenoxy) is 1. The Morgan fingerprint density at radius 1 is 1.17 bits per heavy atom. The minimum absolute atomic E-state index is 0.236. The molecule has 1 aliphatic heterocycles. The van der Waals surface area contributed by atoms with E-state index in [0.29, 0.717) is 19.8 Å². The molecule has 4 rings (SSSR count). The average molecular weight is 327 g/mol. The van der Waals surface area contributed by atoms with Crippen molar-refractivity contribution in [2.45, 2.75) is 24.9 Å². The van der Waals surface area contributed by atoms with Crippen molar-refractivity contribution in [3.05, 3.63) is 66.3 Å². The maximum absolute atomic E-state index is 13.3. The predicted molar refractivity (Wildman–Crippen MR) is 84.9 cm³/mol. The maximum atomic E-state index is 13.3. The summed E-state index contributed by atoms with van der Waals surface area (Å²) in [6.45, 7) is 1.91. The van der Waals surface area contributed by atoms with E-state index in [-0.39, 0.29) is 11.4 Å². The van der Waals surface area contributed by atoms with Gasteiger partial charge >= 0.3 is 0 Å².